The van der Waals surface area contributed by atoms with E-state index in [2.05, 4.69) is 17.2 Å². The van der Waals surface area contributed by atoms with Crippen molar-refractivity contribution < 1.29 is 4.39 Å². The first-order chi connectivity index (χ1) is 9.13. The topological polar surface area (TPSA) is 24.9 Å². The van der Waals surface area contributed by atoms with Crippen LogP contribution in [0.25, 0.3) is 0 Å². The van der Waals surface area contributed by atoms with Crippen molar-refractivity contribution >= 4 is 22.9 Å². The maximum atomic E-state index is 13.5. The van der Waals surface area contributed by atoms with Crippen LogP contribution in [0.2, 0.25) is 5.02 Å². The highest BCUT2D eigenvalue weighted by molar-refractivity contribution is 7.09. The van der Waals surface area contributed by atoms with Crippen molar-refractivity contribution in [3.63, 3.8) is 0 Å². The maximum Gasteiger partial charge on any atom is 0.123 e. The molecule has 1 unspecified atom stereocenters. The molecule has 1 N–H and O–H groups in total. The second-order valence-electron chi connectivity index (χ2n) is 4.35. The van der Waals surface area contributed by atoms with Crippen LogP contribution in [-0.2, 0) is 0 Å². The average Bonchev–Trinajstić information content (AvgIpc) is 2.80. The molecule has 1 heterocycles. The van der Waals surface area contributed by atoms with Crippen molar-refractivity contribution in [2.75, 3.05) is 6.54 Å². The minimum Gasteiger partial charge on any atom is -0.305 e. The molecule has 5 heteroatoms. The van der Waals surface area contributed by atoms with Crippen LogP contribution < -0.4 is 5.32 Å². The molecule has 1 aromatic carbocycles. The van der Waals surface area contributed by atoms with Gasteiger partial charge in [-0.3, -0.25) is 0 Å². The minimum absolute atomic E-state index is 0.101. The Kier molecular flexibility index (Phi) is 4.91. The zero-order chi connectivity index (χ0) is 13.8. The molecular weight excluding hydrogens is 283 g/mol. The van der Waals surface area contributed by atoms with Crippen LogP contribution in [0, 0.1) is 12.7 Å². The summed E-state index contributed by atoms with van der Waals surface area (Å²) in [6, 6.07) is 4.37. The Morgan fingerprint density at radius 2 is 2.26 bits per heavy atom. The molecule has 0 spiro atoms. The summed E-state index contributed by atoms with van der Waals surface area (Å²) < 4.78 is 13.5. The van der Waals surface area contributed by atoms with Crippen molar-refractivity contribution in [2.45, 2.75) is 26.3 Å². The molecule has 0 radical (unpaired) electrons. The maximum absolute atomic E-state index is 13.5. The molecule has 0 aliphatic carbocycles. The summed E-state index contributed by atoms with van der Waals surface area (Å²) >= 11 is 7.78. The van der Waals surface area contributed by atoms with E-state index in [-0.39, 0.29) is 11.9 Å². The number of aromatic nitrogens is 1. The van der Waals surface area contributed by atoms with Crippen LogP contribution in [0.1, 0.15) is 35.5 Å². The van der Waals surface area contributed by atoms with Crippen molar-refractivity contribution in [3.8, 4) is 0 Å². The molecule has 1 aromatic heterocycles. The van der Waals surface area contributed by atoms with Gasteiger partial charge in [0.2, 0.25) is 0 Å². The van der Waals surface area contributed by atoms with Gasteiger partial charge in [-0.15, -0.1) is 11.3 Å². The number of halogens is 2. The number of nitrogens with zero attached hydrogens (tertiary/aromatic N) is 1. The Labute approximate surface area is 121 Å². The van der Waals surface area contributed by atoms with E-state index in [1.54, 1.807) is 22.9 Å². The molecule has 102 valence electrons. The number of hydrogen-bond acceptors (Lipinski definition) is 3. The van der Waals surface area contributed by atoms with Gasteiger partial charge in [-0.05, 0) is 43.7 Å². The molecule has 0 aliphatic rings. The second-order valence-corrected chi connectivity index (χ2v) is 5.65. The van der Waals surface area contributed by atoms with E-state index in [1.165, 1.54) is 12.1 Å². The van der Waals surface area contributed by atoms with Gasteiger partial charge < -0.3 is 5.32 Å². The Bertz CT molecular complexity index is 556. The van der Waals surface area contributed by atoms with Gasteiger partial charge in [0.1, 0.15) is 5.82 Å². The summed E-state index contributed by atoms with van der Waals surface area (Å²) in [6.07, 6.45) is 1.00. The van der Waals surface area contributed by atoms with Crippen LogP contribution in [0.5, 0.6) is 0 Å². The van der Waals surface area contributed by atoms with E-state index in [9.17, 15) is 4.39 Å². The zero-order valence-corrected chi connectivity index (χ0v) is 12.5. The third-order valence-electron chi connectivity index (χ3n) is 2.91. The lowest BCUT2D eigenvalue weighted by atomic mass is 10.0. The molecular formula is C14H16ClFN2S. The normalized spacial score (nSPS) is 12.6. The van der Waals surface area contributed by atoms with E-state index < -0.39 is 0 Å². The fourth-order valence-corrected chi connectivity index (χ4v) is 3.08. The Balaban J connectivity index is 2.42. The highest BCUT2D eigenvalue weighted by Crippen LogP contribution is 2.32. The molecule has 0 aliphatic heterocycles. The van der Waals surface area contributed by atoms with Gasteiger partial charge in [0, 0.05) is 9.90 Å². The minimum atomic E-state index is -0.273. The van der Waals surface area contributed by atoms with E-state index >= 15 is 0 Å². The van der Waals surface area contributed by atoms with Crippen LogP contribution in [0.4, 0.5) is 4.39 Å². The summed E-state index contributed by atoms with van der Waals surface area (Å²) in [7, 11) is 0. The molecule has 2 rings (SSSR count). The van der Waals surface area contributed by atoms with E-state index in [4.69, 9.17) is 11.6 Å². The predicted molar refractivity (Wildman–Crippen MR) is 78.4 cm³/mol. The van der Waals surface area contributed by atoms with Crippen molar-refractivity contribution in [3.05, 3.63) is 50.7 Å². The Morgan fingerprint density at radius 1 is 1.47 bits per heavy atom. The lowest BCUT2D eigenvalue weighted by Gasteiger charge is -2.19. The second kappa shape index (κ2) is 6.46. The summed E-state index contributed by atoms with van der Waals surface area (Å²) in [6.45, 7) is 4.89. The first-order valence-corrected chi connectivity index (χ1v) is 7.47. The van der Waals surface area contributed by atoms with Crippen molar-refractivity contribution in [1.82, 2.24) is 10.3 Å². The monoisotopic (exact) mass is 298 g/mol. The van der Waals surface area contributed by atoms with Gasteiger partial charge in [0.25, 0.3) is 0 Å². The van der Waals surface area contributed by atoms with Gasteiger partial charge in [-0.25, -0.2) is 9.37 Å². The van der Waals surface area contributed by atoms with E-state index in [0.29, 0.717) is 5.02 Å². The Morgan fingerprint density at radius 3 is 2.89 bits per heavy atom. The predicted octanol–water partition coefficient (Wildman–Crippen LogP) is 4.33. The number of hydrogen-bond donors (Lipinski definition) is 1. The molecule has 2 aromatic rings. The molecule has 0 saturated carbocycles. The van der Waals surface area contributed by atoms with Gasteiger partial charge in [-0.2, -0.15) is 0 Å². The fraction of sp³-hybridized carbons (Fsp3) is 0.357. The summed E-state index contributed by atoms with van der Waals surface area (Å²) in [5.41, 5.74) is 3.53. The number of nitrogens with one attached hydrogen (secondary N) is 1. The van der Waals surface area contributed by atoms with Gasteiger partial charge in [0.15, 0.2) is 0 Å². The first kappa shape index (κ1) is 14.4. The van der Waals surface area contributed by atoms with Gasteiger partial charge in [0.05, 0.1) is 17.2 Å². The van der Waals surface area contributed by atoms with Crippen LogP contribution >= 0.6 is 22.9 Å². The molecule has 0 bridgehead atoms. The average molecular weight is 299 g/mol. The molecule has 0 fully saturated rings. The quantitative estimate of drug-likeness (QED) is 0.888. The van der Waals surface area contributed by atoms with Gasteiger partial charge >= 0.3 is 0 Å². The van der Waals surface area contributed by atoms with Crippen LogP contribution in [-0.4, -0.2) is 11.5 Å². The summed E-state index contributed by atoms with van der Waals surface area (Å²) in [4.78, 5) is 5.35. The molecule has 0 saturated heterocycles. The summed E-state index contributed by atoms with van der Waals surface area (Å²) in [5, 5.41) is 3.99. The molecule has 2 nitrogen and oxygen atoms in total. The van der Waals surface area contributed by atoms with E-state index in [1.807, 2.05) is 6.92 Å². The van der Waals surface area contributed by atoms with Gasteiger partial charge in [-0.1, -0.05) is 18.5 Å². The standard InChI is InChI=1S/C14H16ClFN2S/c1-3-6-17-13(14-9(2)18-8-19-14)11-7-10(16)4-5-12(11)15/h4-5,7-8,13,17H,3,6H2,1-2H3. The summed E-state index contributed by atoms with van der Waals surface area (Å²) in [5.74, 6) is -0.273. The van der Waals surface area contributed by atoms with E-state index in [0.717, 1.165) is 29.1 Å². The number of aryl methyl sites for hydroxylation is 1. The molecule has 19 heavy (non-hydrogen) atoms. The Hall–Kier alpha value is -0.970. The molecule has 0 amide bonds. The van der Waals surface area contributed by atoms with Crippen LogP contribution in [0.15, 0.2) is 23.7 Å². The van der Waals surface area contributed by atoms with Crippen molar-refractivity contribution in [2.24, 2.45) is 0 Å². The zero-order valence-electron chi connectivity index (χ0n) is 10.9. The highest BCUT2D eigenvalue weighted by Gasteiger charge is 2.20. The lowest BCUT2D eigenvalue weighted by Crippen LogP contribution is -2.23. The third kappa shape index (κ3) is 3.32. The largest absolute Gasteiger partial charge is 0.305 e. The fourth-order valence-electron chi connectivity index (χ4n) is 1.96. The number of thiazole rings is 1. The number of benzene rings is 1. The molecule has 1 atom stereocenters. The lowest BCUT2D eigenvalue weighted by molar-refractivity contribution is 0.589. The van der Waals surface area contributed by atoms with Crippen LogP contribution in [0.3, 0.4) is 0 Å². The first-order valence-electron chi connectivity index (χ1n) is 6.21. The SMILES string of the molecule is CCCNC(c1cc(F)ccc1Cl)c1scnc1C. The number of rotatable bonds is 5. The highest BCUT2D eigenvalue weighted by atomic mass is 35.5. The third-order valence-corrected chi connectivity index (χ3v) is 4.25. The van der Waals surface area contributed by atoms with Crippen molar-refractivity contribution in [1.29, 1.82) is 0 Å². The smallest absolute Gasteiger partial charge is 0.123 e.